The number of nitrogens with zero attached hydrogens (tertiary/aromatic N) is 1. The molecule has 1 heterocycles. The lowest BCUT2D eigenvalue weighted by atomic mass is 10.2. The van der Waals surface area contributed by atoms with Gasteiger partial charge in [-0.3, -0.25) is 0 Å². The summed E-state index contributed by atoms with van der Waals surface area (Å²) in [7, 11) is 0. The predicted molar refractivity (Wildman–Crippen MR) is 64.5 cm³/mol. The van der Waals surface area contributed by atoms with Crippen molar-refractivity contribution in [3.8, 4) is 11.3 Å². The molecule has 0 N–H and O–H groups in total. The second-order valence-electron chi connectivity index (χ2n) is 3.85. The van der Waals surface area contributed by atoms with Gasteiger partial charge in [0.25, 0.3) is 0 Å². The molecule has 76 valence electrons. The molecule has 0 saturated heterocycles. The molecule has 0 amide bonds. The fourth-order valence-corrected chi connectivity index (χ4v) is 2.69. The molecule has 1 aromatic heterocycles. The van der Waals surface area contributed by atoms with Gasteiger partial charge in [-0.05, 0) is 25.0 Å². The Hall–Kier alpha value is -0.860. The van der Waals surface area contributed by atoms with Crippen LogP contribution in [0.3, 0.4) is 0 Å². The van der Waals surface area contributed by atoms with Gasteiger partial charge in [-0.1, -0.05) is 23.7 Å². The van der Waals surface area contributed by atoms with E-state index in [0.717, 1.165) is 22.2 Å². The van der Waals surface area contributed by atoms with Gasteiger partial charge in [0.05, 0.1) is 10.7 Å². The maximum Gasteiger partial charge on any atom is 0.0963 e. The maximum absolute atomic E-state index is 5.85. The van der Waals surface area contributed by atoms with E-state index in [0.29, 0.717) is 0 Å². The van der Waals surface area contributed by atoms with Crippen LogP contribution < -0.4 is 0 Å². The lowest BCUT2D eigenvalue weighted by Crippen LogP contribution is -1.79. The Balaban J connectivity index is 1.93. The Labute approximate surface area is 97.7 Å². The summed E-state index contributed by atoms with van der Waals surface area (Å²) in [6.07, 6.45) is 2.63. The van der Waals surface area contributed by atoms with Crippen LogP contribution in [0.25, 0.3) is 11.3 Å². The van der Waals surface area contributed by atoms with Crippen molar-refractivity contribution in [2.24, 2.45) is 0 Å². The average molecular weight is 236 g/mol. The van der Waals surface area contributed by atoms with E-state index in [1.165, 1.54) is 17.8 Å². The first-order valence-corrected chi connectivity index (χ1v) is 6.30. The quantitative estimate of drug-likeness (QED) is 0.755. The van der Waals surface area contributed by atoms with Crippen LogP contribution in [0.4, 0.5) is 0 Å². The molecule has 15 heavy (non-hydrogen) atoms. The smallest absolute Gasteiger partial charge is 0.0963 e. The fourth-order valence-electron chi connectivity index (χ4n) is 1.56. The molecule has 1 aliphatic rings. The van der Waals surface area contributed by atoms with Crippen LogP contribution in [-0.4, -0.2) is 4.98 Å². The van der Waals surface area contributed by atoms with Crippen LogP contribution in [0.5, 0.6) is 0 Å². The second-order valence-corrected chi connectivity index (χ2v) is 5.18. The Kier molecular flexibility index (Phi) is 2.26. The average Bonchev–Trinajstić information content (AvgIpc) is 2.99. The molecule has 0 bridgehead atoms. The van der Waals surface area contributed by atoms with Gasteiger partial charge >= 0.3 is 0 Å². The number of thiazole rings is 1. The SMILES string of the molecule is Clc1ccc(-c2csc(C3CC3)n2)cc1. The highest BCUT2D eigenvalue weighted by Crippen LogP contribution is 2.42. The van der Waals surface area contributed by atoms with E-state index >= 15 is 0 Å². The van der Waals surface area contributed by atoms with E-state index in [1.807, 2.05) is 24.3 Å². The van der Waals surface area contributed by atoms with Crippen molar-refractivity contribution in [2.45, 2.75) is 18.8 Å². The Bertz CT molecular complexity index is 471. The van der Waals surface area contributed by atoms with Crippen LogP contribution in [0.15, 0.2) is 29.6 Å². The molecule has 0 unspecified atom stereocenters. The summed E-state index contributed by atoms with van der Waals surface area (Å²) >= 11 is 7.62. The summed E-state index contributed by atoms with van der Waals surface area (Å²) in [5.74, 6) is 0.746. The molecule has 3 rings (SSSR count). The van der Waals surface area contributed by atoms with Gasteiger partial charge in [-0.15, -0.1) is 11.3 Å². The molecule has 0 atom stereocenters. The first-order chi connectivity index (χ1) is 7.33. The molecule has 1 saturated carbocycles. The molecular weight excluding hydrogens is 226 g/mol. The van der Waals surface area contributed by atoms with Crippen LogP contribution in [0.2, 0.25) is 5.02 Å². The minimum atomic E-state index is 0.746. The monoisotopic (exact) mass is 235 g/mol. The first kappa shape index (κ1) is 9.37. The molecule has 0 spiro atoms. The van der Waals surface area contributed by atoms with Gasteiger partial charge in [-0.25, -0.2) is 4.98 Å². The standard InChI is InChI=1S/C12H10ClNS/c13-10-5-3-8(4-6-10)11-7-15-12(14-11)9-1-2-9/h3-7,9H,1-2H2. The molecule has 3 heteroatoms. The van der Waals surface area contributed by atoms with Gasteiger partial charge < -0.3 is 0 Å². The van der Waals surface area contributed by atoms with Crippen molar-refractivity contribution in [3.63, 3.8) is 0 Å². The van der Waals surface area contributed by atoms with Gasteiger partial charge in [-0.2, -0.15) is 0 Å². The molecule has 2 aromatic rings. The van der Waals surface area contributed by atoms with Gasteiger partial charge in [0.2, 0.25) is 0 Å². The third-order valence-corrected chi connectivity index (χ3v) is 3.85. The number of aromatic nitrogens is 1. The van der Waals surface area contributed by atoms with Gasteiger partial charge in [0.15, 0.2) is 0 Å². The minimum absolute atomic E-state index is 0.746. The Morgan fingerprint density at radius 2 is 1.93 bits per heavy atom. The summed E-state index contributed by atoms with van der Waals surface area (Å²) in [6.45, 7) is 0. The molecule has 1 fully saturated rings. The summed E-state index contributed by atoms with van der Waals surface area (Å²) in [5.41, 5.74) is 2.24. The normalized spacial score (nSPS) is 15.5. The maximum atomic E-state index is 5.85. The van der Waals surface area contributed by atoms with E-state index in [1.54, 1.807) is 11.3 Å². The lowest BCUT2D eigenvalue weighted by Gasteiger charge is -1.95. The van der Waals surface area contributed by atoms with Crippen LogP contribution >= 0.6 is 22.9 Å². The molecule has 1 aromatic carbocycles. The predicted octanol–water partition coefficient (Wildman–Crippen LogP) is 4.34. The van der Waals surface area contributed by atoms with Crippen molar-refractivity contribution in [2.75, 3.05) is 0 Å². The number of benzene rings is 1. The number of rotatable bonds is 2. The second kappa shape index (κ2) is 3.62. The van der Waals surface area contributed by atoms with E-state index < -0.39 is 0 Å². The first-order valence-electron chi connectivity index (χ1n) is 5.04. The zero-order valence-corrected chi connectivity index (χ0v) is 9.68. The number of hydrogen-bond acceptors (Lipinski definition) is 2. The van der Waals surface area contributed by atoms with E-state index in [9.17, 15) is 0 Å². The molecule has 0 radical (unpaired) electrons. The van der Waals surface area contributed by atoms with E-state index in [4.69, 9.17) is 11.6 Å². The van der Waals surface area contributed by atoms with Crippen molar-refractivity contribution < 1.29 is 0 Å². The van der Waals surface area contributed by atoms with E-state index in [-0.39, 0.29) is 0 Å². The topological polar surface area (TPSA) is 12.9 Å². The van der Waals surface area contributed by atoms with Crippen LogP contribution in [-0.2, 0) is 0 Å². The van der Waals surface area contributed by atoms with Crippen molar-refractivity contribution in [1.29, 1.82) is 0 Å². The fraction of sp³-hybridized carbons (Fsp3) is 0.250. The summed E-state index contributed by atoms with van der Waals surface area (Å²) in [4.78, 5) is 4.65. The third kappa shape index (κ3) is 1.92. The minimum Gasteiger partial charge on any atom is -0.241 e. The van der Waals surface area contributed by atoms with Crippen molar-refractivity contribution in [3.05, 3.63) is 39.7 Å². The molecule has 1 nitrogen and oxygen atoms in total. The summed E-state index contributed by atoms with van der Waals surface area (Å²) in [5, 5.41) is 4.20. The third-order valence-electron chi connectivity index (χ3n) is 2.59. The zero-order valence-electron chi connectivity index (χ0n) is 8.11. The summed E-state index contributed by atoms with van der Waals surface area (Å²) < 4.78 is 0. The highest BCUT2D eigenvalue weighted by Gasteiger charge is 2.26. The van der Waals surface area contributed by atoms with Crippen molar-refractivity contribution >= 4 is 22.9 Å². The zero-order chi connectivity index (χ0) is 10.3. The molecular formula is C12H10ClNS. The summed E-state index contributed by atoms with van der Waals surface area (Å²) in [6, 6.07) is 7.86. The highest BCUT2D eigenvalue weighted by molar-refractivity contribution is 7.10. The Morgan fingerprint density at radius 3 is 2.60 bits per heavy atom. The highest BCUT2D eigenvalue weighted by atomic mass is 35.5. The molecule has 1 aliphatic carbocycles. The Morgan fingerprint density at radius 1 is 1.20 bits per heavy atom. The van der Waals surface area contributed by atoms with E-state index in [2.05, 4.69) is 10.4 Å². The van der Waals surface area contributed by atoms with Crippen LogP contribution in [0, 0.1) is 0 Å². The largest absolute Gasteiger partial charge is 0.241 e. The molecule has 0 aliphatic heterocycles. The van der Waals surface area contributed by atoms with Gasteiger partial charge in [0, 0.05) is 21.9 Å². The van der Waals surface area contributed by atoms with Gasteiger partial charge in [0.1, 0.15) is 0 Å². The van der Waals surface area contributed by atoms with Crippen LogP contribution in [0.1, 0.15) is 23.8 Å². The lowest BCUT2D eigenvalue weighted by molar-refractivity contribution is 1.09. The number of halogens is 1. The van der Waals surface area contributed by atoms with Crippen molar-refractivity contribution in [1.82, 2.24) is 4.98 Å². The number of hydrogen-bond donors (Lipinski definition) is 0.